The largest absolute Gasteiger partial charge is 0.355 e. The molecule has 0 radical (unpaired) electrons. The van der Waals surface area contributed by atoms with Gasteiger partial charge in [-0.2, -0.15) is 0 Å². The molecule has 1 atom stereocenters. The van der Waals surface area contributed by atoms with Crippen LogP contribution in [0.2, 0.25) is 0 Å². The van der Waals surface area contributed by atoms with E-state index in [9.17, 15) is 9.59 Å². The molecule has 1 heterocycles. The molecule has 2 amide bonds. The van der Waals surface area contributed by atoms with Gasteiger partial charge in [-0.25, -0.2) is 0 Å². The first-order valence-electron chi connectivity index (χ1n) is 9.96. The molecule has 0 saturated heterocycles. The van der Waals surface area contributed by atoms with Crippen molar-refractivity contribution in [3.8, 4) is 0 Å². The first-order chi connectivity index (χ1) is 14.5. The maximum Gasteiger partial charge on any atom is 0.251 e. The molecule has 156 valence electrons. The molecular weight excluding hydrogens is 394 g/mol. The lowest BCUT2D eigenvalue weighted by Crippen LogP contribution is -2.31. The van der Waals surface area contributed by atoms with Crippen LogP contribution in [0.4, 0.5) is 5.69 Å². The predicted octanol–water partition coefficient (Wildman–Crippen LogP) is 4.55. The molecule has 0 unspecified atom stereocenters. The first kappa shape index (κ1) is 21.7. The minimum atomic E-state index is -0.156. The number of amides is 2. The molecule has 6 heteroatoms. The summed E-state index contributed by atoms with van der Waals surface area (Å²) in [4.78, 5) is 25.3. The van der Waals surface area contributed by atoms with E-state index in [0.29, 0.717) is 17.2 Å². The zero-order valence-electron chi connectivity index (χ0n) is 17.4. The third-order valence-corrected chi connectivity index (χ3v) is 5.83. The van der Waals surface area contributed by atoms with E-state index < -0.39 is 0 Å². The van der Waals surface area contributed by atoms with Crippen LogP contribution in [0.1, 0.15) is 52.2 Å². The van der Waals surface area contributed by atoms with E-state index >= 15 is 0 Å². The van der Waals surface area contributed by atoms with Crippen LogP contribution in [-0.4, -0.2) is 25.4 Å². The van der Waals surface area contributed by atoms with Gasteiger partial charge in [0.25, 0.3) is 5.91 Å². The van der Waals surface area contributed by atoms with Crippen molar-refractivity contribution < 1.29 is 9.59 Å². The second-order valence-corrected chi connectivity index (χ2v) is 8.33. The minimum absolute atomic E-state index is 0.0485. The highest BCUT2D eigenvalue weighted by atomic mass is 32.1. The smallest absolute Gasteiger partial charge is 0.251 e. The van der Waals surface area contributed by atoms with Crippen LogP contribution in [0.25, 0.3) is 0 Å². The molecule has 0 fully saturated rings. The number of carbonyl (C=O) groups excluding carboxylic acids is 2. The van der Waals surface area contributed by atoms with Crippen LogP contribution < -0.4 is 16.0 Å². The van der Waals surface area contributed by atoms with Gasteiger partial charge in [0.15, 0.2) is 0 Å². The monoisotopic (exact) mass is 421 g/mol. The molecule has 0 aliphatic carbocycles. The molecule has 3 rings (SSSR count). The Balaban J connectivity index is 1.65. The summed E-state index contributed by atoms with van der Waals surface area (Å²) in [6, 6.07) is 19.4. The Morgan fingerprint density at radius 1 is 0.933 bits per heavy atom. The second-order valence-electron chi connectivity index (χ2n) is 7.36. The Morgan fingerprint density at radius 3 is 2.17 bits per heavy atom. The Kier molecular flexibility index (Phi) is 7.38. The van der Waals surface area contributed by atoms with Gasteiger partial charge in [-0.05, 0) is 52.8 Å². The van der Waals surface area contributed by atoms with Crippen molar-refractivity contribution in [2.75, 3.05) is 18.9 Å². The van der Waals surface area contributed by atoms with E-state index in [2.05, 4.69) is 60.1 Å². The molecular formula is C24H27N3O2S. The fourth-order valence-electron chi connectivity index (χ4n) is 3.16. The maximum atomic E-state index is 12.5. The summed E-state index contributed by atoms with van der Waals surface area (Å²) >= 11 is 1.67. The molecule has 5 nitrogen and oxygen atoms in total. The van der Waals surface area contributed by atoms with Crippen LogP contribution in [0.5, 0.6) is 0 Å². The fourth-order valence-corrected chi connectivity index (χ4v) is 3.99. The molecule has 3 N–H and O–H groups in total. The van der Waals surface area contributed by atoms with Crippen LogP contribution in [0.15, 0.2) is 66.0 Å². The molecule has 0 bridgehead atoms. The molecule has 1 aromatic heterocycles. The number of benzene rings is 2. The standard InChI is InChI=1S/C24H27N3O2S/c1-16(2)17-6-8-18(9-7-17)23(21-5-4-14-30-21)26-15-22(28)27-20-12-10-19(11-13-20)24(29)25-3/h4-14,16,23,26H,15H2,1-3H3,(H,25,29)(H,27,28)/t23-/m0/s1. The number of anilines is 1. The summed E-state index contributed by atoms with van der Waals surface area (Å²) in [6.07, 6.45) is 0. The van der Waals surface area contributed by atoms with Gasteiger partial charge in [0.1, 0.15) is 0 Å². The van der Waals surface area contributed by atoms with Gasteiger partial charge in [0.2, 0.25) is 5.91 Å². The molecule has 3 aromatic rings. The summed E-state index contributed by atoms with van der Waals surface area (Å²) in [7, 11) is 1.59. The maximum absolute atomic E-state index is 12.5. The van der Waals surface area contributed by atoms with Crippen molar-refractivity contribution in [1.82, 2.24) is 10.6 Å². The summed E-state index contributed by atoms with van der Waals surface area (Å²) in [5.74, 6) is 0.188. The lowest BCUT2D eigenvalue weighted by atomic mass is 9.98. The van der Waals surface area contributed by atoms with Gasteiger partial charge >= 0.3 is 0 Å². The van der Waals surface area contributed by atoms with Crippen LogP contribution in [-0.2, 0) is 4.79 Å². The third-order valence-electron chi connectivity index (χ3n) is 4.89. The summed E-state index contributed by atoms with van der Waals surface area (Å²) in [5.41, 5.74) is 3.63. The molecule has 0 aliphatic heterocycles. The Hall–Kier alpha value is -2.96. The van der Waals surface area contributed by atoms with Crippen LogP contribution in [0.3, 0.4) is 0 Å². The van der Waals surface area contributed by atoms with Gasteiger partial charge in [0.05, 0.1) is 12.6 Å². The quantitative estimate of drug-likeness (QED) is 0.500. The van der Waals surface area contributed by atoms with Gasteiger partial charge in [0, 0.05) is 23.2 Å². The Labute approximate surface area is 181 Å². The van der Waals surface area contributed by atoms with Gasteiger partial charge in [-0.15, -0.1) is 11.3 Å². The van der Waals surface area contributed by atoms with E-state index in [1.54, 1.807) is 42.6 Å². The zero-order valence-corrected chi connectivity index (χ0v) is 18.3. The number of carbonyl (C=O) groups is 2. The number of nitrogens with one attached hydrogen (secondary N) is 3. The first-order valence-corrected chi connectivity index (χ1v) is 10.8. The average Bonchev–Trinajstić information content (AvgIpc) is 3.29. The average molecular weight is 422 g/mol. The third kappa shape index (κ3) is 5.55. The van der Waals surface area contributed by atoms with E-state index in [1.807, 2.05) is 11.4 Å². The van der Waals surface area contributed by atoms with Crippen molar-refractivity contribution in [2.45, 2.75) is 25.8 Å². The molecule has 0 aliphatic rings. The normalized spacial score (nSPS) is 11.9. The summed E-state index contributed by atoms with van der Waals surface area (Å²) < 4.78 is 0. The van der Waals surface area contributed by atoms with Gasteiger partial charge in [-0.1, -0.05) is 44.2 Å². The number of thiophene rings is 1. The van der Waals surface area contributed by atoms with Gasteiger partial charge in [-0.3, -0.25) is 14.9 Å². The lowest BCUT2D eigenvalue weighted by Gasteiger charge is -2.19. The van der Waals surface area contributed by atoms with E-state index in [-0.39, 0.29) is 24.4 Å². The highest BCUT2D eigenvalue weighted by molar-refractivity contribution is 7.10. The highest BCUT2D eigenvalue weighted by Crippen LogP contribution is 2.27. The van der Waals surface area contributed by atoms with Crippen molar-refractivity contribution in [2.24, 2.45) is 0 Å². The minimum Gasteiger partial charge on any atom is -0.355 e. The van der Waals surface area contributed by atoms with E-state index in [1.165, 1.54) is 5.56 Å². The molecule has 30 heavy (non-hydrogen) atoms. The fraction of sp³-hybridized carbons (Fsp3) is 0.250. The second kappa shape index (κ2) is 10.2. The lowest BCUT2D eigenvalue weighted by molar-refractivity contribution is -0.115. The number of hydrogen-bond donors (Lipinski definition) is 3. The van der Waals surface area contributed by atoms with Crippen LogP contribution in [0, 0.1) is 0 Å². The van der Waals surface area contributed by atoms with E-state index in [0.717, 1.165) is 10.4 Å². The zero-order chi connectivity index (χ0) is 21.5. The Bertz CT molecular complexity index is 965. The number of rotatable bonds is 8. The van der Waals surface area contributed by atoms with Crippen molar-refractivity contribution >= 4 is 28.8 Å². The van der Waals surface area contributed by atoms with Gasteiger partial charge < -0.3 is 10.6 Å². The predicted molar refractivity (Wildman–Crippen MR) is 123 cm³/mol. The molecule has 0 spiro atoms. The van der Waals surface area contributed by atoms with Crippen LogP contribution >= 0.6 is 11.3 Å². The molecule has 0 saturated carbocycles. The van der Waals surface area contributed by atoms with Crippen molar-refractivity contribution in [3.63, 3.8) is 0 Å². The highest BCUT2D eigenvalue weighted by Gasteiger charge is 2.16. The van der Waals surface area contributed by atoms with Crippen molar-refractivity contribution in [3.05, 3.63) is 87.6 Å². The summed E-state index contributed by atoms with van der Waals surface area (Å²) in [6.45, 7) is 4.52. The topological polar surface area (TPSA) is 70.2 Å². The van der Waals surface area contributed by atoms with Crippen molar-refractivity contribution in [1.29, 1.82) is 0 Å². The molecule has 2 aromatic carbocycles. The number of hydrogen-bond acceptors (Lipinski definition) is 4. The Morgan fingerprint density at radius 2 is 1.60 bits per heavy atom. The summed E-state index contributed by atoms with van der Waals surface area (Å²) in [5, 5.41) is 10.9. The SMILES string of the molecule is CNC(=O)c1ccc(NC(=O)CN[C@@H](c2ccc(C(C)C)cc2)c2cccs2)cc1. The van der Waals surface area contributed by atoms with E-state index in [4.69, 9.17) is 0 Å².